The molecule has 43 heavy (non-hydrogen) atoms. The Morgan fingerprint density at radius 1 is 1.09 bits per heavy atom. The Morgan fingerprint density at radius 2 is 1.72 bits per heavy atom. The van der Waals surface area contributed by atoms with Gasteiger partial charge < -0.3 is 24.8 Å². The highest BCUT2D eigenvalue weighted by molar-refractivity contribution is 7.85. The highest BCUT2D eigenvalue weighted by Gasteiger charge is 2.35. The molecular weight excluding hydrogens is 597 g/mol. The van der Waals surface area contributed by atoms with Crippen molar-refractivity contribution in [1.82, 2.24) is 34.4 Å². The Morgan fingerprint density at radius 3 is 2.26 bits per heavy atom. The van der Waals surface area contributed by atoms with Crippen LogP contribution in [0, 0.1) is 0 Å². The Labute approximate surface area is 245 Å². The fourth-order valence-electron chi connectivity index (χ4n) is 4.85. The maximum Gasteiger partial charge on any atom is 0.406 e. The van der Waals surface area contributed by atoms with Crippen molar-refractivity contribution >= 4 is 44.9 Å². The van der Waals surface area contributed by atoms with E-state index >= 15 is 0 Å². The summed E-state index contributed by atoms with van der Waals surface area (Å²) in [5, 5.41) is 2.83. The van der Waals surface area contributed by atoms with E-state index in [-0.39, 0.29) is 34.9 Å². The lowest BCUT2D eigenvalue weighted by atomic mass is 10.2. The maximum absolute atomic E-state index is 13.9. The molecule has 19 heteroatoms. The van der Waals surface area contributed by atoms with E-state index in [4.69, 9.17) is 19.3 Å². The summed E-state index contributed by atoms with van der Waals surface area (Å²) in [6, 6.07) is -0.191. The third-order valence-corrected chi connectivity index (χ3v) is 6.65. The number of alkyl halides is 3. The first kappa shape index (κ1) is 32.1. The van der Waals surface area contributed by atoms with Crippen molar-refractivity contribution in [2.45, 2.75) is 32.6 Å². The van der Waals surface area contributed by atoms with Gasteiger partial charge in [0.25, 0.3) is 10.1 Å². The van der Waals surface area contributed by atoms with Gasteiger partial charge in [0.15, 0.2) is 22.8 Å². The molecule has 2 N–H and O–H groups in total. The fraction of sp³-hybridized carbons (Fsp3) is 0.583. The van der Waals surface area contributed by atoms with E-state index in [9.17, 15) is 26.4 Å². The van der Waals surface area contributed by atoms with Crippen molar-refractivity contribution in [1.29, 1.82) is 0 Å². The number of nitrogens with one attached hydrogen (secondary N) is 1. The van der Waals surface area contributed by atoms with Crippen molar-refractivity contribution in [3.63, 3.8) is 0 Å². The number of ether oxygens (including phenoxy) is 1. The molecule has 0 bridgehead atoms. The van der Waals surface area contributed by atoms with Gasteiger partial charge in [0.2, 0.25) is 17.8 Å². The van der Waals surface area contributed by atoms with Gasteiger partial charge in [0.05, 0.1) is 25.0 Å². The number of anilines is 3. The molecule has 5 rings (SSSR count). The van der Waals surface area contributed by atoms with Crippen LogP contribution in [0.1, 0.15) is 13.8 Å². The van der Waals surface area contributed by atoms with Crippen molar-refractivity contribution < 1.29 is 35.7 Å². The van der Waals surface area contributed by atoms with Crippen LogP contribution in [0.5, 0.6) is 0 Å². The van der Waals surface area contributed by atoms with E-state index < -0.39 is 22.8 Å². The Hall–Kier alpha value is -3.84. The van der Waals surface area contributed by atoms with Gasteiger partial charge in [0, 0.05) is 65.1 Å². The number of hydrogen-bond donors (Lipinski definition) is 2. The van der Waals surface area contributed by atoms with Crippen molar-refractivity contribution in [3.8, 4) is 11.4 Å². The van der Waals surface area contributed by atoms with Crippen LogP contribution in [0.25, 0.3) is 22.6 Å². The Bertz CT molecular complexity index is 1540. The SMILES string of the molecule is CNc1ncc(-c2nc(N3CCOCC3)c3nc(N4CCN(C(C)=O)[C@H](C)C4)n(CC(F)(F)F)c3n2)cn1.CS(=O)(=O)O. The molecule has 0 aromatic carbocycles. The summed E-state index contributed by atoms with van der Waals surface area (Å²) >= 11 is 0. The first-order valence-corrected chi connectivity index (χ1v) is 15.1. The molecule has 0 aliphatic carbocycles. The average molecular weight is 631 g/mol. The van der Waals surface area contributed by atoms with Crippen molar-refractivity contribution in [3.05, 3.63) is 12.4 Å². The molecule has 0 spiro atoms. The zero-order chi connectivity index (χ0) is 31.5. The number of aromatic nitrogens is 6. The second-order valence-corrected chi connectivity index (χ2v) is 11.5. The van der Waals surface area contributed by atoms with E-state index in [0.29, 0.717) is 69.5 Å². The van der Waals surface area contributed by atoms with Crippen LogP contribution in [0.15, 0.2) is 12.4 Å². The van der Waals surface area contributed by atoms with E-state index in [1.165, 1.54) is 19.3 Å². The third kappa shape index (κ3) is 8.17. The van der Waals surface area contributed by atoms with Gasteiger partial charge in [-0.1, -0.05) is 0 Å². The first-order chi connectivity index (χ1) is 20.1. The minimum atomic E-state index is -4.52. The molecule has 1 atom stereocenters. The molecular formula is C24H33F3N10O5S. The molecule has 2 fully saturated rings. The number of carbonyl (C=O) groups excluding carboxylic acids is 1. The van der Waals surface area contributed by atoms with Crippen LogP contribution < -0.4 is 15.1 Å². The van der Waals surface area contributed by atoms with Crippen molar-refractivity contribution in [2.75, 3.05) is 74.4 Å². The molecule has 2 aliphatic heterocycles. The number of imidazole rings is 1. The van der Waals surface area contributed by atoms with Crippen LogP contribution in [0.4, 0.5) is 30.9 Å². The van der Waals surface area contributed by atoms with Crippen LogP contribution in [-0.2, 0) is 26.2 Å². The van der Waals surface area contributed by atoms with Crippen LogP contribution in [0.3, 0.4) is 0 Å². The number of amides is 1. The molecule has 1 amide bonds. The average Bonchev–Trinajstić information content (AvgIpc) is 3.28. The van der Waals surface area contributed by atoms with Gasteiger partial charge in [-0.05, 0) is 6.92 Å². The molecule has 2 saturated heterocycles. The second kappa shape index (κ2) is 12.8. The Balaban J connectivity index is 0.000000782. The quantitative estimate of drug-likeness (QED) is 0.387. The van der Waals surface area contributed by atoms with Crippen LogP contribution in [-0.4, -0.2) is 125 Å². The lowest BCUT2D eigenvalue weighted by Crippen LogP contribution is -2.54. The summed E-state index contributed by atoms with van der Waals surface area (Å²) in [7, 11) is -1.98. The van der Waals surface area contributed by atoms with E-state index in [2.05, 4.69) is 20.3 Å². The summed E-state index contributed by atoms with van der Waals surface area (Å²) in [6.45, 7) is 5.10. The second-order valence-electron chi connectivity index (χ2n) is 10.0. The number of halogens is 3. The van der Waals surface area contributed by atoms with Crippen molar-refractivity contribution in [2.24, 2.45) is 0 Å². The minimum Gasteiger partial charge on any atom is -0.378 e. The molecule has 0 saturated carbocycles. The molecule has 15 nitrogen and oxygen atoms in total. The predicted octanol–water partition coefficient (Wildman–Crippen LogP) is 1.28. The standard InChI is InChI=1S/C23H29F3N10O2.CH4O3S/c1-14-12-34(4-5-35(14)15(2)37)22-30-17-19(33-6-8-38-9-7-33)31-18(16-10-28-21(27-3)29-11-16)32-20(17)36(22)13-23(24,25)26;1-5(2,3)4/h10-11,14H,4-9,12-13H2,1-3H3,(H,27,28,29);1H3,(H,2,3,4)/t14-;/m1./s1. The normalized spacial score (nSPS) is 18.0. The largest absolute Gasteiger partial charge is 0.406 e. The van der Waals surface area contributed by atoms with E-state index in [1.807, 2.05) is 11.8 Å². The van der Waals surface area contributed by atoms with Gasteiger partial charge in [0.1, 0.15) is 6.54 Å². The lowest BCUT2D eigenvalue weighted by molar-refractivity contribution is -0.139. The highest BCUT2D eigenvalue weighted by Crippen LogP contribution is 2.34. The monoisotopic (exact) mass is 630 g/mol. The van der Waals surface area contributed by atoms with Gasteiger partial charge in [-0.3, -0.25) is 13.9 Å². The molecule has 3 aromatic rings. The molecule has 0 unspecified atom stereocenters. The van der Waals surface area contributed by atoms with E-state index in [0.717, 1.165) is 4.57 Å². The summed E-state index contributed by atoms with van der Waals surface area (Å²) < 4.78 is 74.1. The summed E-state index contributed by atoms with van der Waals surface area (Å²) in [4.78, 5) is 39.8. The third-order valence-electron chi connectivity index (χ3n) is 6.65. The Kier molecular flexibility index (Phi) is 9.55. The first-order valence-electron chi connectivity index (χ1n) is 13.3. The van der Waals surface area contributed by atoms with E-state index in [1.54, 1.807) is 16.8 Å². The lowest BCUT2D eigenvalue weighted by Gasteiger charge is -2.40. The van der Waals surface area contributed by atoms with Gasteiger partial charge in [-0.2, -0.15) is 21.6 Å². The fourth-order valence-corrected chi connectivity index (χ4v) is 4.85. The number of piperazine rings is 1. The molecule has 236 valence electrons. The molecule has 2 aliphatic rings. The van der Waals surface area contributed by atoms with Gasteiger partial charge in [-0.25, -0.2) is 24.9 Å². The zero-order valence-corrected chi connectivity index (χ0v) is 24.9. The number of hydrogen-bond acceptors (Lipinski definition) is 12. The molecule has 3 aromatic heterocycles. The number of carbonyl (C=O) groups is 1. The summed E-state index contributed by atoms with van der Waals surface area (Å²) in [5.41, 5.74) is 0.817. The van der Waals surface area contributed by atoms with Gasteiger partial charge >= 0.3 is 6.18 Å². The predicted molar refractivity (Wildman–Crippen MR) is 152 cm³/mol. The topological polar surface area (TPSA) is 172 Å². The van der Waals surface area contributed by atoms with Gasteiger partial charge in [-0.15, -0.1) is 0 Å². The highest BCUT2D eigenvalue weighted by atomic mass is 32.2. The molecule has 5 heterocycles. The smallest absolute Gasteiger partial charge is 0.378 e. The number of nitrogens with zero attached hydrogens (tertiary/aromatic N) is 9. The number of morpholine rings is 1. The minimum absolute atomic E-state index is 0.0717. The summed E-state index contributed by atoms with van der Waals surface area (Å²) in [5.74, 6) is 1.11. The number of rotatable bonds is 5. The zero-order valence-electron chi connectivity index (χ0n) is 24.0. The number of fused-ring (bicyclic) bond motifs is 1. The van der Waals surface area contributed by atoms with Crippen LogP contribution >= 0.6 is 0 Å². The maximum atomic E-state index is 13.9. The summed E-state index contributed by atoms with van der Waals surface area (Å²) in [6.07, 6.45) is -0.752. The van der Waals surface area contributed by atoms with Crippen LogP contribution in [0.2, 0.25) is 0 Å². The molecule has 0 radical (unpaired) electrons.